The first kappa shape index (κ1) is 24.3. The summed E-state index contributed by atoms with van der Waals surface area (Å²) in [6.45, 7) is 4.69. The van der Waals surface area contributed by atoms with Crippen LogP contribution in [-0.2, 0) is 23.6 Å². The lowest BCUT2D eigenvalue weighted by atomic mass is 9.95. The molecule has 2 fully saturated rings. The molecule has 0 aliphatic carbocycles. The smallest absolute Gasteiger partial charge is 0.191 e. The van der Waals surface area contributed by atoms with E-state index < -0.39 is 0 Å². The molecule has 0 N–H and O–H groups in total. The van der Waals surface area contributed by atoms with E-state index in [0.717, 1.165) is 86.5 Å². The molecule has 0 spiro atoms. The molecule has 8 heteroatoms. The Morgan fingerprint density at radius 1 is 1.00 bits per heavy atom. The van der Waals surface area contributed by atoms with Crippen molar-refractivity contribution in [2.45, 2.75) is 61.7 Å². The molecule has 0 amide bonds. The first-order valence-electron chi connectivity index (χ1n) is 12.4. The van der Waals surface area contributed by atoms with Crippen LogP contribution in [0.2, 0.25) is 0 Å². The summed E-state index contributed by atoms with van der Waals surface area (Å²) in [5.41, 5.74) is 2.39. The standard InChI is InChI=1S/C27H33FN4O2S/c1-33-24-10-6-20(7-11-24)17-31-14-12-22(13-15-31)26-29-30-27(32(26)18-25-3-2-16-34-25)35-19-21-4-8-23(28)9-5-21/h4-11,22,25H,2-3,12-19H2,1H3. The number of piperidine rings is 1. The Morgan fingerprint density at radius 2 is 1.74 bits per heavy atom. The van der Waals surface area contributed by atoms with E-state index >= 15 is 0 Å². The Labute approximate surface area is 210 Å². The molecule has 2 aromatic carbocycles. The molecular formula is C27H33FN4O2S. The maximum absolute atomic E-state index is 13.3. The Balaban J connectivity index is 1.24. The normalized spacial score (nSPS) is 19.3. The highest BCUT2D eigenvalue weighted by atomic mass is 32.2. The zero-order chi connectivity index (χ0) is 24.0. The molecule has 1 unspecified atom stereocenters. The van der Waals surface area contributed by atoms with Crippen molar-refractivity contribution in [3.63, 3.8) is 0 Å². The Morgan fingerprint density at radius 3 is 2.43 bits per heavy atom. The summed E-state index contributed by atoms with van der Waals surface area (Å²) in [5, 5.41) is 10.2. The maximum atomic E-state index is 13.3. The summed E-state index contributed by atoms with van der Waals surface area (Å²) >= 11 is 1.67. The van der Waals surface area contributed by atoms with E-state index in [1.807, 2.05) is 24.3 Å². The van der Waals surface area contributed by atoms with Crippen molar-refractivity contribution in [3.05, 3.63) is 71.3 Å². The predicted molar refractivity (Wildman–Crippen MR) is 135 cm³/mol. The SMILES string of the molecule is COc1ccc(CN2CCC(c3nnc(SCc4ccc(F)cc4)n3CC3CCCO3)CC2)cc1. The quantitative estimate of drug-likeness (QED) is 0.376. The molecule has 3 aromatic rings. The lowest BCUT2D eigenvalue weighted by molar-refractivity contribution is 0.0931. The fourth-order valence-corrected chi connectivity index (χ4v) is 5.85. The lowest BCUT2D eigenvalue weighted by Gasteiger charge is -2.32. The lowest BCUT2D eigenvalue weighted by Crippen LogP contribution is -2.33. The third kappa shape index (κ3) is 6.23. The van der Waals surface area contributed by atoms with Crippen LogP contribution in [0.3, 0.4) is 0 Å². The van der Waals surface area contributed by atoms with Gasteiger partial charge in [-0.15, -0.1) is 10.2 Å². The largest absolute Gasteiger partial charge is 0.497 e. The minimum Gasteiger partial charge on any atom is -0.497 e. The molecule has 0 radical (unpaired) electrons. The second-order valence-corrected chi connectivity index (χ2v) is 10.3. The van der Waals surface area contributed by atoms with Gasteiger partial charge in [0.05, 0.1) is 19.8 Å². The average Bonchev–Trinajstić information content (AvgIpc) is 3.55. The maximum Gasteiger partial charge on any atom is 0.191 e. The van der Waals surface area contributed by atoms with Crippen LogP contribution in [-0.4, -0.2) is 52.6 Å². The van der Waals surface area contributed by atoms with Crippen molar-refractivity contribution in [2.24, 2.45) is 0 Å². The van der Waals surface area contributed by atoms with Crippen LogP contribution in [0.1, 0.15) is 48.6 Å². The zero-order valence-corrected chi connectivity index (χ0v) is 21.1. The molecule has 2 aliphatic heterocycles. The van der Waals surface area contributed by atoms with Crippen LogP contribution in [0.4, 0.5) is 4.39 Å². The van der Waals surface area contributed by atoms with E-state index in [1.165, 1.54) is 17.7 Å². The summed E-state index contributed by atoms with van der Waals surface area (Å²) in [7, 11) is 1.70. The van der Waals surface area contributed by atoms with Gasteiger partial charge in [0, 0.05) is 24.8 Å². The number of methoxy groups -OCH3 is 1. The number of ether oxygens (including phenoxy) is 2. The van der Waals surface area contributed by atoms with Gasteiger partial charge in [-0.3, -0.25) is 4.90 Å². The molecule has 0 saturated carbocycles. The fraction of sp³-hybridized carbons (Fsp3) is 0.481. The second kappa shape index (κ2) is 11.5. The van der Waals surface area contributed by atoms with Gasteiger partial charge in [0.2, 0.25) is 0 Å². The topological polar surface area (TPSA) is 52.4 Å². The summed E-state index contributed by atoms with van der Waals surface area (Å²) in [4.78, 5) is 2.52. The molecule has 186 valence electrons. The number of hydrogen-bond acceptors (Lipinski definition) is 6. The number of nitrogens with zero attached hydrogens (tertiary/aromatic N) is 4. The minimum atomic E-state index is -0.207. The molecule has 6 nitrogen and oxygen atoms in total. The highest BCUT2D eigenvalue weighted by Gasteiger charge is 2.28. The van der Waals surface area contributed by atoms with Crippen molar-refractivity contribution in [3.8, 4) is 5.75 Å². The van der Waals surface area contributed by atoms with Crippen LogP contribution in [0.15, 0.2) is 53.7 Å². The van der Waals surface area contributed by atoms with Gasteiger partial charge in [0.1, 0.15) is 17.4 Å². The molecule has 35 heavy (non-hydrogen) atoms. The van der Waals surface area contributed by atoms with Gasteiger partial charge in [-0.1, -0.05) is 36.0 Å². The van der Waals surface area contributed by atoms with E-state index in [-0.39, 0.29) is 11.9 Å². The summed E-state index contributed by atoms with van der Waals surface area (Å²) in [6.07, 6.45) is 4.57. The Bertz CT molecular complexity index is 1080. The number of likely N-dealkylation sites (tertiary alicyclic amines) is 1. The third-order valence-corrected chi connectivity index (χ3v) is 7.99. The fourth-order valence-electron chi connectivity index (χ4n) is 4.94. The highest BCUT2D eigenvalue weighted by molar-refractivity contribution is 7.98. The Hall–Kier alpha value is -2.42. The third-order valence-electron chi connectivity index (χ3n) is 6.95. The van der Waals surface area contributed by atoms with Crippen LogP contribution in [0.25, 0.3) is 0 Å². The van der Waals surface area contributed by atoms with E-state index in [0.29, 0.717) is 5.92 Å². The van der Waals surface area contributed by atoms with Gasteiger partial charge in [-0.25, -0.2) is 4.39 Å². The zero-order valence-electron chi connectivity index (χ0n) is 20.2. The van der Waals surface area contributed by atoms with Crippen molar-refractivity contribution in [1.82, 2.24) is 19.7 Å². The molecule has 0 bridgehead atoms. The van der Waals surface area contributed by atoms with Gasteiger partial charge in [0.15, 0.2) is 5.16 Å². The van der Waals surface area contributed by atoms with Gasteiger partial charge in [-0.05, 0) is 74.2 Å². The number of rotatable bonds is 9. The molecule has 5 rings (SSSR count). The number of thioether (sulfide) groups is 1. The van der Waals surface area contributed by atoms with E-state index in [4.69, 9.17) is 9.47 Å². The molecule has 1 aromatic heterocycles. The van der Waals surface area contributed by atoms with Crippen molar-refractivity contribution < 1.29 is 13.9 Å². The van der Waals surface area contributed by atoms with Crippen LogP contribution >= 0.6 is 11.8 Å². The number of hydrogen-bond donors (Lipinski definition) is 0. The Kier molecular flexibility index (Phi) is 8.01. The predicted octanol–water partition coefficient (Wildman–Crippen LogP) is 5.28. The van der Waals surface area contributed by atoms with E-state index in [9.17, 15) is 4.39 Å². The summed E-state index contributed by atoms with van der Waals surface area (Å²) in [5.74, 6) is 2.92. The van der Waals surface area contributed by atoms with Gasteiger partial charge in [-0.2, -0.15) is 0 Å². The minimum absolute atomic E-state index is 0.207. The number of halogens is 1. The molecule has 3 heterocycles. The summed E-state index contributed by atoms with van der Waals surface area (Å²) < 4.78 is 26.8. The van der Waals surface area contributed by atoms with Crippen molar-refractivity contribution >= 4 is 11.8 Å². The summed E-state index contributed by atoms with van der Waals surface area (Å²) in [6, 6.07) is 15.0. The van der Waals surface area contributed by atoms with Crippen molar-refractivity contribution in [2.75, 3.05) is 26.8 Å². The van der Waals surface area contributed by atoms with Crippen LogP contribution < -0.4 is 4.74 Å². The molecule has 2 saturated heterocycles. The van der Waals surface area contributed by atoms with Gasteiger partial charge in [0.25, 0.3) is 0 Å². The first-order valence-corrected chi connectivity index (χ1v) is 13.4. The highest BCUT2D eigenvalue weighted by Crippen LogP contribution is 2.32. The van der Waals surface area contributed by atoms with Gasteiger partial charge < -0.3 is 14.0 Å². The van der Waals surface area contributed by atoms with Crippen LogP contribution in [0, 0.1) is 5.82 Å². The van der Waals surface area contributed by atoms with Crippen LogP contribution in [0.5, 0.6) is 5.75 Å². The van der Waals surface area contributed by atoms with Gasteiger partial charge >= 0.3 is 0 Å². The first-order chi connectivity index (χ1) is 17.2. The molecular weight excluding hydrogens is 463 g/mol. The number of benzene rings is 2. The average molecular weight is 497 g/mol. The number of aromatic nitrogens is 3. The second-order valence-electron chi connectivity index (χ2n) is 9.40. The van der Waals surface area contributed by atoms with E-state index in [1.54, 1.807) is 18.9 Å². The molecule has 1 atom stereocenters. The monoisotopic (exact) mass is 496 g/mol. The van der Waals surface area contributed by atoms with Crippen molar-refractivity contribution in [1.29, 1.82) is 0 Å². The van der Waals surface area contributed by atoms with E-state index in [2.05, 4.69) is 31.8 Å². The molecule has 2 aliphatic rings.